The minimum Gasteiger partial charge on any atom is -0.477 e. The van der Waals surface area contributed by atoms with Gasteiger partial charge in [0, 0.05) is 18.2 Å². The largest absolute Gasteiger partial charge is 0.477 e. The molecule has 0 spiro atoms. The summed E-state index contributed by atoms with van der Waals surface area (Å²) in [4.78, 5) is 18.6. The Hall–Kier alpha value is -1.88. The van der Waals surface area contributed by atoms with E-state index in [4.69, 9.17) is 0 Å². The summed E-state index contributed by atoms with van der Waals surface area (Å²) in [5, 5.41) is 10.2. The number of carboxylic acid groups (broad SMARTS) is 1. The van der Waals surface area contributed by atoms with E-state index in [-0.39, 0.29) is 0 Å². The van der Waals surface area contributed by atoms with Crippen molar-refractivity contribution in [3.8, 4) is 11.3 Å². The predicted octanol–water partition coefficient (Wildman–Crippen LogP) is 4.13. The van der Waals surface area contributed by atoms with Crippen LogP contribution in [0, 0.1) is 0 Å². The molecule has 4 nitrogen and oxygen atoms in total. The van der Waals surface area contributed by atoms with E-state index >= 15 is 0 Å². The van der Waals surface area contributed by atoms with Crippen LogP contribution in [0.1, 0.15) is 36.9 Å². The molecule has 0 radical (unpaired) electrons. The SMILES string of the molecule is CCC(C)N(CC)c1nc(-c2ccccc2)c(C(=O)O)s1. The highest BCUT2D eigenvalue weighted by Crippen LogP contribution is 2.34. The number of benzene rings is 1. The van der Waals surface area contributed by atoms with Crippen LogP contribution in [0.4, 0.5) is 5.13 Å². The Balaban J connectivity index is 2.49. The minimum atomic E-state index is -0.919. The van der Waals surface area contributed by atoms with Crippen LogP contribution in [-0.4, -0.2) is 28.6 Å². The van der Waals surface area contributed by atoms with Gasteiger partial charge in [0.05, 0.1) is 5.69 Å². The average Bonchev–Trinajstić information content (AvgIpc) is 2.94. The summed E-state index contributed by atoms with van der Waals surface area (Å²) >= 11 is 1.25. The molecular formula is C16H20N2O2S. The zero-order chi connectivity index (χ0) is 15.4. The first-order valence-electron chi connectivity index (χ1n) is 7.14. The van der Waals surface area contributed by atoms with E-state index < -0.39 is 5.97 Å². The van der Waals surface area contributed by atoms with Gasteiger partial charge in [0.1, 0.15) is 4.88 Å². The second-order valence-electron chi connectivity index (χ2n) is 4.89. The molecule has 1 aromatic carbocycles. The molecule has 0 aliphatic rings. The van der Waals surface area contributed by atoms with Crippen molar-refractivity contribution in [1.29, 1.82) is 0 Å². The van der Waals surface area contributed by atoms with E-state index in [0.717, 1.165) is 23.7 Å². The number of carboxylic acids is 1. The summed E-state index contributed by atoms with van der Waals surface area (Å²) in [5.41, 5.74) is 1.41. The monoisotopic (exact) mass is 304 g/mol. The molecule has 0 aliphatic heterocycles. The van der Waals surface area contributed by atoms with Gasteiger partial charge in [-0.15, -0.1) is 0 Å². The van der Waals surface area contributed by atoms with Crippen LogP contribution in [0.3, 0.4) is 0 Å². The Bertz CT molecular complexity index is 610. The molecule has 21 heavy (non-hydrogen) atoms. The molecule has 0 aliphatic carbocycles. The lowest BCUT2D eigenvalue weighted by Crippen LogP contribution is -2.32. The van der Waals surface area contributed by atoms with Crippen LogP contribution in [0.15, 0.2) is 30.3 Å². The number of rotatable bonds is 6. The number of nitrogens with zero attached hydrogens (tertiary/aromatic N) is 2. The summed E-state index contributed by atoms with van der Waals surface area (Å²) in [6.45, 7) is 7.14. The lowest BCUT2D eigenvalue weighted by Gasteiger charge is -2.26. The van der Waals surface area contributed by atoms with Crippen molar-refractivity contribution in [2.45, 2.75) is 33.2 Å². The highest BCUT2D eigenvalue weighted by atomic mass is 32.1. The van der Waals surface area contributed by atoms with Crippen molar-refractivity contribution in [3.05, 3.63) is 35.2 Å². The molecule has 0 saturated carbocycles. The summed E-state index contributed by atoms with van der Waals surface area (Å²) in [7, 11) is 0. The fourth-order valence-electron chi connectivity index (χ4n) is 2.22. The molecular weight excluding hydrogens is 284 g/mol. The van der Waals surface area contributed by atoms with Gasteiger partial charge in [-0.05, 0) is 20.3 Å². The lowest BCUT2D eigenvalue weighted by molar-refractivity contribution is 0.0702. The maximum atomic E-state index is 11.5. The molecule has 1 N–H and O–H groups in total. The quantitative estimate of drug-likeness (QED) is 0.871. The van der Waals surface area contributed by atoms with Gasteiger partial charge < -0.3 is 10.0 Å². The van der Waals surface area contributed by atoms with Gasteiger partial charge >= 0.3 is 5.97 Å². The van der Waals surface area contributed by atoms with Crippen molar-refractivity contribution in [3.63, 3.8) is 0 Å². The maximum Gasteiger partial charge on any atom is 0.348 e. The number of hydrogen-bond donors (Lipinski definition) is 1. The van der Waals surface area contributed by atoms with Crippen LogP contribution < -0.4 is 4.90 Å². The second-order valence-corrected chi connectivity index (χ2v) is 5.87. The molecule has 112 valence electrons. The van der Waals surface area contributed by atoms with E-state index in [2.05, 4.69) is 30.7 Å². The summed E-state index contributed by atoms with van der Waals surface area (Å²) in [6.07, 6.45) is 0.997. The zero-order valence-corrected chi connectivity index (χ0v) is 13.4. The Morgan fingerprint density at radius 3 is 2.52 bits per heavy atom. The third-order valence-electron chi connectivity index (χ3n) is 3.57. The van der Waals surface area contributed by atoms with Gasteiger partial charge in [-0.25, -0.2) is 9.78 Å². The van der Waals surface area contributed by atoms with E-state index in [0.29, 0.717) is 16.6 Å². The van der Waals surface area contributed by atoms with Gasteiger partial charge in [0.2, 0.25) is 0 Å². The highest BCUT2D eigenvalue weighted by molar-refractivity contribution is 7.17. The number of aromatic nitrogens is 1. The topological polar surface area (TPSA) is 53.4 Å². The third-order valence-corrected chi connectivity index (χ3v) is 4.65. The molecule has 2 aromatic rings. The van der Waals surface area contributed by atoms with E-state index in [1.165, 1.54) is 11.3 Å². The van der Waals surface area contributed by atoms with Crippen molar-refractivity contribution in [1.82, 2.24) is 4.98 Å². The molecule has 1 aromatic heterocycles. The summed E-state index contributed by atoms with van der Waals surface area (Å²) in [6, 6.07) is 9.83. The third kappa shape index (κ3) is 3.24. The zero-order valence-electron chi connectivity index (χ0n) is 12.5. The molecule has 1 atom stereocenters. The first kappa shape index (κ1) is 15.5. The lowest BCUT2D eigenvalue weighted by atomic mass is 10.1. The van der Waals surface area contributed by atoms with E-state index in [1.54, 1.807) is 0 Å². The normalized spacial score (nSPS) is 12.1. The molecule has 0 fully saturated rings. The Morgan fingerprint density at radius 1 is 1.33 bits per heavy atom. The summed E-state index contributed by atoms with van der Waals surface area (Å²) in [5.74, 6) is -0.919. The standard InChI is InChI=1S/C16H20N2O2S/c1-4-11(3)18(5-2)16-17-13(14(21-16)15(19)20)12-9-7-6-8-10-12/h6-11H,4-5H2,1-3H3,(H,19,20). The Kier molecular flexibility index (Phi) is 4.96. The fourth-order valence-corrected chi connectivity index (χ4v) is 3.32. The maximum absolute atomic E-state index is 11.5. The number of thiazole rings is 1. The smallest absolute Gasteiger partial charge is 0.348 e. The van der Waals surface area contributed by atoms with Gasteiger partial charge in [-0.1, -0.05) is 48.6 Å². The minimum absolute atomic E-state index is 0.304. The molecule has 1 unspecified atom stereocenters. The first-order chi connectivity index (χ1) is 10.1. The van der Waals surface area contributed by atoms with Crippen LogP contribution in [0.25, 0.3) is 11.3 Å². The van der Waals surface area contributed by atoms with E-state index in [1.807, 2.05) is 30.3 Å². The molecule has 0 bridgehead atoms. The average molecular weight is 304 g/mol. The second kappa shape index (κ2) is 6.72. The fraction of sp³-hybridized carbons (Fsp3) is 0.375. The van der Waals surface area contributed by atoms with Gasteiger partial charge in [0.15, 0.2) is 5.13 Å². The van der Waals surface area contributed by atoms with Gasteiger partial charge in [0.25, 0.3) is 0 Å². The number of anilines is 1. The van der Waals surface area contributed by atoms with Gasteiger partial charge in [-0.2, -0.15) is 0 Å². The van der Waals surface area contributed by atoms with E-state index in [9.17, 15) is 9.90 Å². The van der Waals surface area contributed by atoms with Crippen LogP contribution in [0.5, 0.6) is 0 Å². The van der Waals surface area contributed by atoms with Gasteiger partial charge in [-0.3, -0.25) is 0 Å². The number of aromatic carboxylic acids is 1. The Labute approximate surface area is 129 Å². The Morgan fingerprint density at radius 2 is 2.00 bits per heavy atom. The van der Waals surface area contributed by atoms with Crippen LogP contribution in [-0.2, 0) is 0 Å². The van der Waals surface area contributed by atoms with Crippen molar-refractivity contribution >= 4 is 22.4 Å². The molecule has 0 amide bonds. The molecule has 5 heteroatoms. The number of carbonyl (C=O) groups is 1. The molecule has 2 rings (SSSR count). The van der Waals surface area contributed by atoms with Crippen molar-refractivity contribution in [2.24, 2.45) is 0 Å². The molecule has 1 heterocycles. The van der Waals surface area contributed by atoms with Crippen LogP contribution >= 0.6 is 11.3 Å². The summed E-state index contributed by atoms with van der Waals surface area (Å²) < 4.78 is 0. The highest BCUT2D eigenvalue weighted by Gasteiger charge is 2.22. The first-order valence-corrected chi connectivity index (χ1v) is 7.96. The predicted molar refractivity (Wildman–Crippen MR) is 87.3 cm³/mol. The van der Waals surface area contributed by atoms with Crippen molar-refractivity contribution < 1.29 is 9.90 Å². The van der Waals surface area contributed by atoms with Crippen molar-refractivity contribution in [2.75, 3.05) is 11.4 Å². The molecule has 0 saturated heterocycles. The number of hydrogen-bond acceptors (Lipinski definition) is 4. The van der Waals surface area contributed by atoms with Crippen LogP contribution in [0.2, 0.25) is 0 Å².